The van der Waals surface area contributed by atoms with Crippen LogP contribution in [-0.2, 0) is 6.54 Å². The Morgan fingerprint density at radius 2 is 2.25 bits per heavy atom. The third-order valence-corrected chi connectivity index (χ3v) is 3.47. The minimum atomic E-state index is 0.774. The van der Waals surface area contributed by atoms with Crippen LogP contribution in [0.25, 0.3) is 0 Å². The van der Waals surface area contributed by atoms with Crippen molar-refractivity contribution >= 4 is 11.6 Å². The van der Waals surface area contributed by atoms with Crippen LogP contribution < -0.4 is 10.6 Å². The summed E-state index contributed by atoms with van der Waals surface area (Å²) in [5.74, 6) is 0.774. The lowest BCUT2D eigenvalue weighted by Crippen LogP contribution is -2.35. The fraction of sp³-hybridized carbons (Fsp3) is 0.538. The Morgan fingerprint density at radius 3 is 3.00 bits per heavy atom. The van der Waals surface area contributed by atoms with Gasteiger partial charge in [-0.15, -0.1) is 0 Å². The maximum atomic E-state index is 6.09. The van der Waals surface area contributed by atoms with Crippen LogP contribution in [0.3, 0.4) is 0 Å². The van der Waals surface area contributed by atoms with Crippen LogP contribution in [0.5, 0.6) is 0 Å². The predicted molar refractivity (Wildman–Crippen MR) is 68.8 cm³/mol. The number of hydrogen-bond acceptors (Lipinski definition) is 2. The van der Waals surface area contributed by atoms with Gasteiger partial charge in [0.1, 0.15) is 0 Å². The fourth-order valence-electron chi connectivity index (χ4n) is 2.15. The zero-order valence-electron chi connectivity index (χ0n) is 9.51. The molecule has 0 amide bonds. The molecule has 1 saturated heterocycles. The van der Waals surface area contributed by atoms with Gasteiger partial charge in [-0.2, -0.15) is 0 Å². The Bertz CT molecular complexity index is 321. The minimum Gasteiger partial charge on any atom is -0.316 e. The van der Waals surface area contributed by atoms with Crippen molar-refractivity contribution in [3.63, 3.8) is 0 Å². The van der Waals surface area contributed by atoms with Crippen molar-refractivity contribution in [2.75, 3.05) is 19.6 Å². The minimum absolute atomic E-state index is 0.774. The highest BCUT2D eigenvalue weighted by Crippen LogP contribution is 2.15. The number of nitrogens with one attached hydrogen (secondary N) is 2. The highest BCUT2D eigenvalue weighted by atomic mass is 35.5. The first-order valence-corrected chi connectivity index (χ1v) is 6.39. The molecule has 0 bridgehead atoms. The van der Waals surface area contributed by atoms with Crippen molar-refractivity contribution in [2.45, 2.75) is 19.4 Å². The van der Waals surface area contributed by atoms with Crippen LogP contribution in [0, 0.1) is 5.92 Å². The first-order chi connectivity index (χ1) is 7.86. The van der Waals surface area contributed by atoms with Crippen LogP contribution in [0.15, 0.2) is 24.3 Å². The average molecular weight is 239 g/mol. The molecule has 0 aliphatic carbocycles. The van der Waals surface area contributed by atoms with Crippen LogP contribution in [0.2, 0.25) is 5.02 Å². The molecule has 1 aliphatic rings. The number of rotatable bonds is 4. The molecule has 0 saturated carbocycles. The Labute approximate surface area is 102 Å². The second-order valence-electron chi connectivity index (χ2n) is 4.43. The van der Waals surface area contributed by atoms with Crippen LogP contribution in [0.1, 0.15) is 18.4 Å². The third-order valence-electron chi connectivity index (χ3n) is 3.11. The van der Waals surface area contributed by atoms with Crippen LogP contribution in [-0.4, -0.2) is 19.6 Å². The number of hydrogen-bond donors (Lipinski definition) is 2. The maximum absolute atomic E-state index is 6.09. The number of benzene rings is 1. The molecule has 1 aromatic carbocycles. The summed E-state index contributed by atoms with van der Waals surface area (Å²) in [6.45, 7) is 4.28. The standard InChI is InChI=1S/C13H19ClN2/c14-13-6-2-1-5-12(13)10-16-9-11-4-3-7-15-8-11/h1-2,5-6,11,15-16H,3-4,7-10H2. The van der Waals surface area contributed by atoms with E-state index in [0.717, 1.165) is 30.6 Å². The molecule has 2 rings (SSSR count). The van der Waals surface area contributed by atoms with Crippen molar-refractivity contribution < 1.29 is 0 Å². The van der Waals surface area contributed by atoms with Crippen LogP contribution in [0.4, 0.5) is 0 Å². The van der Waals surface area contributed by atoms with Crippen molar-refractivity contribution in [3.05, 3.63) is 34.9 Å². The first kappa shape index (κ1) is 11.9. The molecule has 1 aliphatic heterocycles. The molecule has 16 heavy (non-hydrogen) atoms. The second-order valence-corrected chi connectivity index (χ2v) is 4.84. The van der Waals surface area contributed by atoms with E-state index < -0.39 is 0 Å². The quantitative estimate of drug-likeness (QED) is 0.842. The van der Waals surface area contributed by atoms with E-state index in [1.54, 1.807) is 0 Å². The smallest absolute Gasteiger partial charge is 0.0450 e. The van der Waals surface area contributed by atoms with Gasteiger partial charge in [-0.3, -0.25) is 0 Å². The van der Waals surface area contributed by atoms with Gasteiger partial charge in [-0.05, 0) is 50.0 Å². The lowest BCUT2D eigenvalue weighted by Gasteiger charge is -2.23. The summed E-state index contributed by atoms with van der Waals surface area (Å²) in [6.07, 6.45) is 2.64. The molecule has 0 aromatic heterocycles. The van der Waals surface area contributed by atoms with Gasteiger partial charge in [0, 0.05) is 11.6 Å². The summed E-state index contributed by atoms with van der Waals surface area (Å²) in [7, 11) is 0. The molecule has 1 aromatic rings. The van der Waals surface area contributed by atoms with Crippen molar-refractivity contribution in [3.8, 4) is 0 Å². The van der Waals surface area contributed by atoms with Gasteiger partial charge in [0.25, 0.3) is 0 Å². The Balaban J connectivity index is 1.73. The summed E-state index contributed by atoms with van der Waals surface area (Å²) in [5, 5.41) is 7.77. The van der Waals surface area contributed by atoms with E-state index in [1.165, 1.54) is 24.9 Å². The van der Waals surface area contributed by atoms with E-state index in [0.29, 0.717) is 0 Å². The molecule has 1 unspecified atom stereocenters. The number of halogens is 1. The van der Waals surface area contributed by atoms with Gasteiger partial charge in [-0.25, -0.2) is 0 Å². The zero-order valence-corrected chi connectivity index (χ0v) is 10.3. The molecule has 1 atom stereocenters. The fourth-order valence-corrected chi connectivity index (χ4v) is 2.35. The molecule has 0 spiro atoms. The normalized spacial score (nSPS) is 20.9. The maximum Gasteiger partial charge on any atom is 0.0450 e. The molecule has 1 heterocycles. The summed E-state index contributed by atoms with van der Waals surface area (Å²) in [6, 6.07) is 8.02. The van der Waals surface area contributed by atoms with E-state index >= 15 is 0 Å². The third kappa shape index (κ3) is 3.48. The Hall–Kier alpha value is -0.570. The summed E-state index contributed by atoms with van der Waals surface area (Å²) < 4.78 is 0. The first-order valence-electron chi connectivity index (χ1n) is 6.01. The van der Waals surface area contributed by atoms with Gasteiger partial charge >= 0.3 is 0 Å². The summed E-state index contributed by atoms with van der Waals surface area (Å²) in [5.41, 5.74) is 1.19. The van der Waals surface area contributed by atoms with Crippen molar-refractivity contribution in [1.82, 2.24) is 10.6 Å². The molecule has 88 valence electrons. The van der Waals surface area contributed by atoms with Gasteiger partial charge in [0.15, 0.2) is 0 Å². The van der Waals surface area contributed by atoms with Crippen molar-refractivity contribution in [1.29, 1.82) is 0 Å². The highest BCUT2D eigenvalue weighted by molar-refractivity contribution is 6.31. The molecule has 0 radical (unpaired) electrons. The van der Waals surface area contributed by atoms with Crippen LogP contribution >= 0.6 is 11.6 Å². The molecule has 2 N–H and O–H groups in total. The van der Waals surface area contributed by atoms with Gasteiger partial charge in [0.2, 0.25) is 0 Å². The van der Waals surface area contributed by atoms with E-state index in [1.807, 2.05) is 18.2 Å². The highest BCUT2D eigenvalue weighted by Gasteiger charge is 2.12. The van der Waals surface area contributed by atoms with E-state index in [-0.39, 0.29) is 0 Å². The predicted octanol–water partition coefficient (Wildman–Crippen LogP) is 2.43. The lowest BCUT2D eigenvalue weighted by atomic mass is 10.00. The number of piperidine rings is 1. The topological polar surface area (TPSA) is 24.1 Å². The van der Waals surface area contributed by atoms with Gasteiger partial charge in [0.05, 0.1) is 0 Å². The average Bonchev–Trinajstić information content (AvgIpc) is 2.33. The molecular formula is C13H19ClN2. The lowest BCUT2D eigenvalue weighted by molar-refractivity contribution is 0.360. The van der Waals surface area contributed by atoms with Gasteiger partial charge in [-0.1, -0.05) is 29.8 Å². The molecule has 1 fully saturated rings. The van der Waals surface area contributed by atoms with E-state index in [2.05, 4.69) is 16.7 Å². The molecule has 2 nitrogen and oxygen atoms in total. The SMILES string of the molecule is Clc1ccccc1CNCC1CCCNC1. The summed E-state index contributed by atoms with van der Waals surface area (Å²) >= 11 is 6.09. The Morgan fingerprint density at radius 1 is 1.38 bits per heavy atom. The molecule has 3 heteroatoms. The van der Waals surface area contributed by atoms with Crippen molar-refractivity contribution in [2.24, 2.45) is 5.92 Å². The molecular weight excluding hydrogens is 220 g/mol. The Kier molecular flexibility index (Phi) is 4.64. The summed E-state index contributed by atoms with van der Waals surface area (Å²) in [4.78, 5) is 0. The second kappa shape index (κ2) is 6.24. The van der Waals surface area contributed by atoms with E-state index in [4.69, 9.17) is 11.6 Å². The largest absolute Gasteiger partial charge is 0.316 e. The monoisotopic (exact) mass is 238 g/mol. The zero-order chi connectivity index (χ0) is 11.2. The van der Waals surface area contributed by atoms with Gasteiger partial charge < -0.3 is 10.6 Å². The van der Waals surface area contributed by atoms with E-state index in [9.17, 15) is 0 Å².